The van der Waals surface area contributed by atoms with Crippen molar-refractivity contribution in [1.82, 2.24) is 0 Å². The van der Waals surface area contributed by atoms with E-state index in [0.717, 1.165) is 12.0 Å². The third-order valence-electron chi connectivity index (χ3n) is 4.21. The first-order valence-electron chi connectivity index (χ1n) is 8.69. The lowest BCUT2D eigenvalue weighted by Gasteiger charge is -2.06. The number of carbonyl (C=O) groups is 1. The van der Waals surface area contributed by atoms with Crippen molar-refractivity contribution in [2.24, 2.45) is 0 Å². The Balaban J connectivity index is 1.64. The fraction of sp³-hybridized carbons (Fsp3) is 0.143. The molecule has 0 saturated heterocycles. The number of nitrogens with zero attached hydrogens (tertiary/aromatic N) is 2. The normalized spacial score (nSPS) is 10.3. The Bertz CT molecular complexity index is 973. The van der Waals surface area contributed by atoms with E-state index in [-0.39, 0.29) is 23.8 Å². The quantitative estimate of drug-likeness (QED) is 0.389. The van der Waals surface area contributed by atoms with Crippen molar-refractivity contribution in [2.75, 3.05) is 12.4 Å². The molecule has 0 radical (unpaired) electrons. The van der Waals surface area contributed by atoms with Crippen molar-refractivity contribution in [3.8, 4) is 5.75 Å². The third-order valence-corrected chi connectivity index (χ3v) is 4.21. The summed E-state index contributed by atoms with van der Waals surface area (Å²) in [4.78, 5) is 23.0. The van der Waals surface area contributed by atoms with E-state index in [4.69, 9.17) is 4.74 Å². The maximum Gasteiger partial charge on any atom is 0.296 e. The molecule has 1 aromatic heterocycles. The number of nitrogens with one attached hydrogen (secondary N) is 1. The van der Waals surface area contributed by atoms with Crippen LogP contribution in [0.2, 0.25) is 0 Å². The van der Waals surface area contributed by atoms with Crippen molar-refractivity contribution >= 4 is 17.3 Å². The molecule has 0 aliphatic carbocycles. The lowest BCUT2D eigenvalue weighted by molar-refractivity contribution is -0.684. The van der Waals surface area contributed by atoms with Crippen LogP contribution in [0.25, 0.3) is 0 Å². The predicted molar refractivity (Wildman–Crippen MR) is 104 cm³/mol. The van der Waals surface area contributed by atoms with Gasteiger partial charge in [0.15, 0.2) is 12.4 Å². The molecule has 1 heterocycles. The minimum atomic E-state index is -0.552. The van der Waals surface area contributed by atoms with Gasteiger partial charge < -0.3 is 10.1 Å². The van der Waals surface area contributed by atoms with Crippen molar-refractivity contribution in [3.05, 3.63) is 94.3 Å². The minimum absolute atomic E-state index is 0.0504. The van der Waals surface area contributed by atoms with Gasteiger partial charge in [-0.25, -0.2) is 0 Å². The zero-order valence-electron chi connectivity index (χ0n) is 15.4. The number of methoxy groups -OCH3 is 1. The molecule has 142 valence electrons. The summed E-state index contributed by atoms with van der Waals surface area (Å²) in [5.74, 6) is 0.00200. The highest BCUT2D eigenvalue weighted by atomic mass is 16.6. The average Bonchev–Trinajstić information content (AvgIpc) is 2.70. The molecule has 0 aliphatic rings. The SMILES string of the molecule is COc1ccc(NC(=O)C[n+]2ccc(Cc3ccccc3)cc2)c([N+](=O)[O-])c1. The van der Waals surface area contributed by atoms with Crippen LogP contribution in [-0.4, -0.2) is 17.9 Å². The highest BCUT2D eigenvalue weighted by molar-refractivity contribution is 5.92. The van der Waals surface area contributed by atoms with E-state index in [1.807, 2.05) is 42.7 Å². The number of hydrogen-bond donors (Lipinski definition) is 1. The summed E-state index contributed by atoms with van der Waals surface area (Å²) < 4.78 is 6.71. The van der Waals surface area contributed by atoms with E-state index in [2.05, 4.69) is 17.4 Å². The summed E-state index contributed by atoms with van der Waals surface area (Å²) in [6.45, 7) is 0.0504. The van der Waals surface area contributed by atoms with Crippen LogP contribution in [0, 0.1) is 10.1 Å². The number of pyridine rings is 1. The van der Waals surface area contributed by atoms with E-state index >= 15 is 0 Å². The van der Waals surface area contributed by atoms with E-state index in [0.29, 0.717) is 5.75 Å². The number of nitro benzene ring substituents is 1. The summed E-state index contributed by atoms with van der Waals surface area (Å²) in [7, 11) is 1.43. The van der Waals surface area contributed by atoms with E-state index in [1.54, 1.807) is 10.6 Å². The first-order valence-corrected chi connectivity index (χ1v) is 8.69. The first kappa shape index (κ1) is 19.0. The van der Waals surface area contributed by atoms with Gasteiger partial charge in [-0.1, -0.05) is 30.3 Å². The number of amides is 1. The number of anilines is 1. The predicted octanol–water partition coefficient (Wildman–Crippen LogP) is 3.12. The van der Waals surface area contributed by atoms with Gasteiger partial charge in [-0.2, -0.15) is 4.57 Å². The molecule has 7 heteroatoms. The summed E-state index contributed by atoms with van der Waals surface area (Å²) in [6.07, 6.45) is 4.45. The van der Waals surface area contributed by atoms with Crippen molar-refractivity contribution in [1.29, 1.82) is 0 Å². The lowest BCUT2D eigenvalue weighted by atomic mass is 10.1. The number of rotatable bonds is 7. The molecule has 0 aliphatic heterocycles. The summed E-state index contributed by atoms with van der Waals surface area (Å²) >= 11 is 0. The van der Waals surface area contributed by atoms with Crippen molar-refractivity contribution in [3.63, 3.8) is 0 Å². The number of nitro groups is 1. The molecule has 0 bridgehead atoms. The summed E-state index contributed by atoms with van der Waals surface area (Å²) in [5, 5.41) is 13.8. The number of hydrogen-bond acceptors (Lipinski definition) is 4. The van der Waals surface area contributed by atoms with Crippen LogP contribution in [-0.2, 0) is 17.8 Å². The highest BCUT2D eigenvalue weighted by Crippen LogP contribution is 2.28. The second kappa shape index (κ2) is 8.77. The Morgan fingerprint density at radius 1 is 1.07 bits per heavy atom. The molecule has 3 aromatic rings. The molecule has 0 atom stereocenters. The lowest BCUT2D eigenvalue weighted by Crippen LogP contribution is -2.39. The smallest absolute Gasteiger partial charge is 0.296 e. The Morgan fingerprint density at radius 2 is 1.75 bits per heavy atom. The number of aromatic nitrogens is 1. The Labute approximate surface area is 162 Å². The summed E-state index contributed by atoms with van der Waals surface area (Å²) in [5.41, 5.74) is 2.27. The maximum atomic E-state index is 12.3. The van der Waals surface area contributed by atoms with Gasteiger partial charge in [0.05, 0.1) is 18.1 Å². The van der Waals surface area contributed by atoms with Crippen LogP contribution in [0.4, 0.5) is 11.4 Å². The van der Waals surface area contributed by atoms with Crippen molar-refractivity contribution < 1.29 is 19.0 Å². The topological polar surface area (TPSA) is 85.3 Å². The van der Waals surface area contributed by atoms with Crippen LogP contribution < -0.4 is 14.6 Å². The van der Waals surface area contributed by atoms with Gasteiger partial charge in [0.1, 0.15) is 11.4 Å². The molecule has 1 N–H and O–H groups in total. The molecular weight excluding hydrogens is 358 g/mol. The molecule has 0 fully saturated rings. The van der Waals surface area contributed by atoms with Crippen LogP contribution in [0.1, 0.15) is 11.1 Å². The average molecular weight is 378 g/mol. The molecular formula is C21H20N3O4+. The van der Waals surface area contributed by atoms with Gasteiger partial charge in [0.2, 0.25) is 6.54 Å². The minimum Gasteiger partial charge on any atom is -0.496 e. The fourth-order valence-electron chi connectivity index (χ4n) is 2.79. The largest absolute Gasteiger partial charge is 0.496 e. The van der Waals surface area contributed by atoms with Gasteiger partial charge >= 0.3 is 0 Å². The molecule has 1 amide bonds. The van der Waals surface area contributed by atoms with Gasteiger partial charge in [-0.15, -0.1) is 0 Å². The third kappa shape index (κ3) is 4.91. The van der Waals surface area contributed by atoms with Crippen LogP contribution in [0.5, 0.6) is 5.75 Å². The molecule has 0 saturated carbocycles. The van der Waals surface area contributed by atoms with E-state index in [1.165, 1.54) is 24.8 Å². The Hall–Kier alpha value is -3.74. The van der Waals surface area contributed by atoms with Crippen LogP contribution >= 0.6 is 0 Å². The zero-order valence-corrected chi connectivity index (χ0v) is 15.4. The van der Waals surface area contributed by atoms with Gasteiger partial charge in [0.25, 0.3) is 11.6 Å². The van der Waals surface area contributed by atoms with E-state index in [9.17, 15) is 14.9 Å². The van der Waals surface area contributed by atoms with Crippen LogP contribution in [0.3, 0.4) is 0 Å². The molecule has 0 unspecified atom stereocenters. The van der Waals surface area contributed by atoms with Crippen molar-refractivity contribution in [2.45, 2.75) is 13.0 Å². The molecule has 0 spiro atoms. The summed E-state index contributed by atoms with van der Waals surface area (Å²) in [6, 6.07) is 18.3. The van der Waals surface area contributed by atoms with E-state index < -0.39 is 4.92 Å². The Morgan fingerprint density at radius 3 is 2.39 bits per heavy atom. The second-order valence-corrected chi connectivity index (χ2v) is 6.23. The standard InChI is InChI=1S/C21H19N3O4/c1-28-18-7-8-19(20(14-18)24(26)27)22-21(25)15-23-11-9-17(10-12-23)13-16-5-3-2-4-6-16/h2-12,14H,13,15H2,1H3/p+1. The fourth-order valence-corrected chi connectivity index (χ4v) is 2.79. The molecule has 3 rings (SSSR count). The Kier molecular flexibility index (Phi) is 5.96. The molecule has 2 aromatic carbocycles. The molecule has 7 nitrogen and oxygen atoms in total. The van der Waals surface area contributed by atoms with Gasteiger partial charge in [0, 0.05) is 12.1 Å². The van der Waals surface area contributed by atoms with Gasteiger partial charge in [-0.05, 0) is 29.7 Å². The van der Waals surface area contributed by atoms with Gasteiger partial charge in [-0.3, -0.25) is 14.9 Å². The van der Waals surface area contributed by atoms with Crippen LogP contribution in [0.15, 0.2) is 73.1 Å². The molecule has 28 heavy (non-hydrogen) atoms. The zero-order chi connectivity index (χ0) is 19.9. The maximum absolute atomic E-state index is 12.3. The number of benzene rings is 2. The first-order chi connectivity index (χ1) is 13.5. The second-order valence-electron chi connectivity index (χ2n) is 6.23. The number of ether oxygens (including phenoxy) is 1. The highest BCUT2D eigenvalue weighted by Gasteiger charge is 2.19. The number of carbonyl (C=O) groups excluding carboxylic acids is 1. The monoisotopic (exact) mass is 378 g/mol.